The molecule has 7 heteroatoms. The number of halogens is 1. The second-order valence-corrected chi connectivity index (χ2v) is 4.05. The van der Waals surface area contributed by atoms with Crippen molar-refractivity contribution in [3.05, 3.63) is 29.4 Å². The van der Waals surface area contributed by atoms with Gasteiger partial charge in [-0.3, -0.25) is 4.68 Å². The van der Waals surface area contributed by atoms with Crippen LogP contribution < -0.4 is 0 Å². The molecule has 3 aromatic rings. The number of aryl methyl sites for hydroxylation is 2. The van der Waals surface area contributed by atoms with Crippen molar-refractivity contribution >= 4 is 17.2 Å². The van der Waals surface area contributed by atoms with Crippen molar-refractivity contribution < 1.29 is 0 Å². The number of rotatable bonds is 1. The molecule has 0 aliphatic heterocycles. The molecule has 6 nitrogen and oxygen atoms in total. The number of aromatic nitrogens is 6. The first kappa shape index (κ1) is 10.2. The van der Waals surface area contributed by atoms with Gasteiger partial charge in [0.1, 0.15) is 5.82 Å². The molecule has 0 N–H and O–H groups in total. The molecule has 0 aliphatic rings. The van der Waals surface area contributed by atoms with Crippen molar-refractivity contribution in [2.75, 3.05) is 0 Å². The van der Waals surface area contributed by atoms with Crippen LogP contribution in [0.3, 0.4) is 0 Å². The van der Waals surface area contributed by atoms with Crippen LogP contribution in [0.15, 0.2) is 18.3 Å². The molecule has 0 bridgehead atoms. The van der Waals surface area contributed by atoms with E-state index in [1.807, 2.05) is 32.3 Å². The lowest BCUT2D eigenvalue weighted by Gasteiger charge is -1.95. The van der Waals surface area contributed by atoms with E-state index in [9.17, 15) is 0 Å². The van der Waals surface area contributed by atoms with Gasteiger partial charge in [-0.15, -0.1) is 5.10 Å². The fraction of sp³-hybridized carbons (Fsp3) is 0.200. The van der Waals surface area contributed by atoms with Gasteiger partial charge < -0.3 is 0 Å². The van der Waals surface area contributed by atoms with Crippen LogP contribution in [-0.2, 0) is 7.05 Å². The fourth-order valence-corrected chi connectivity index (χ4v) is 1.74. The Balaban J connectivity index is 2.16. The molecule has 0 aromatic carbocycles. The van der Waals surface area contributed by atoms with Gasteiger partial charge in [-0.05, 0) is 30.7 Å². The Kier molecular flexibility index (Phi) is 2.12. The van der Waals surface area contributed by atoms with Gasteiger partial charge in [0.05, 0.1) is 0 Å². The molecule has 0 spiro atoms. The summed E-state index contributed by atoms with van der Waals surface area (Å²) in [4.78, 5) is 8.39. The van der Waals surface area contributed by atoms with Gasteiger partial charge in [0, 0.05) is 18.8 Å². The lowest BCUT2D eigenvalue weighted by atomic mass is 10.3. The van der Waals surface area contributed by atoms with E-state index in [1.165, 1.54) is 0 Å². The third-order valence-electron chi connectivity index (χ3n) is 2.54. The van der Waals surface area contributed by atoms with Gasteiger partial charge in [0.15, 0.2) is 11.5 Å². The molecule has 0 fully saturated rings. The molecule has 0 atom stereocenters. The summed E-state index contributed by atoms with van der Waals surface area (Å²) in [5.41, 5.74) is 1.58. The van der Waals surface area contributed by atoms with Crippen LogP contribution in [0, 0.1) is 6.92 Å². The van der Waals surface area contributed by atoms with E-state index in [2.05, 4.69) is 20.2 Å². The van der Waals surface area contributed by atoms with Crippen LogP contribution in [0.2, 0.25) is 5.28 Å². The second kappa shape index (κ2) is 3.53. The van der Waals surface area contributed by atoms with Gasteiger partial charge in [0.2, 0.25) is 5.28 Å². The predicted molar refractivity (Wildman–Crippen MR) is 62.7 cm³/mol. The van der Waals surface area contributed by atoms with Gasteiger partial charge in [-0.2, -0.15) is 10.1 Å². The lowest BCUT2D eigenvalue weighted by molar-refractivity contribution is 0.736. The number of fused-ring (bicyclic) bond motifs is 1. The van der Waals surface area contributed by atoms with Crippen LogP contribution in [0.1, 0.15) is 5.82 Å². The average Bonchev–Trinajstić information content (AvgIpc) is 2.80. The Morgan fingerprint density at radius 2 is 2.00 bits per heavy atom. The summed E-state index contributed by atoms with van der Waals surface area (Å²) in [6.07, 6.45) is 1.81. The largest absolute Gasteiger partial charge is 0.253 e. The summed E-state index contributed by atoms with van der Waals surface area (Å²) in [7, 11) is 1.86. The van der Waals surface area contributed by atoms with Crippen molar-refractivity contribution in [2.45, 2.75) is 6.92 Å². The molecule has 86 valence electrons. The van der Waals surface area contributed by atoms with Gasteiger partial charge in [-0.25, -0.2) is 9.50 Å². The van der Waals surface area contributed by atoms with E-state index in [1.54, 1.807) is 9.20 Å². The molecular formula is C10H9ClN6. The Morgan fingerprint density at radius 3 is 2.71 bits per heavy atom. The maximum absolute atomic E-state index is 5.73. The number of hydrogen-bond acceptors (Lipinski definition) is 4. The normalized spacial score (nSPS) is 11.2. The smallest absolute Gasteiger partial charge is 0.243 e. The quantitative estimate of drug-likeness (QED) is 0.655. The van der Waals surface area contributed by atoms with Crippen LogP contribution >= 0.6 is 11.6 Å². The third-order valence-corrected chi connectivity index (χ3v) is 2.70. The Labute approximate surface area is 102 Å². The molecule has 17 heavy (non-hydrogen) atoms. The van der Waals surface area contributed by atoms with Crippen molar-refractivity contribution in [1.82, 2.24) is 29.4 Å². The van der Waals surface area contributed by atoms with Crippen LogP contribution in [-0.4, -0.2) is 29.4 Å². The first-order valence-electron chi connectivity index (χ1n) is 5.03. The second-order valence-electron chi connectivity index (χ2n) is 3.71. The van der Waals surface area contributed by atoms with Crippen LogP contribution in [0.5, 0.6) is 0 Å². The molecule has 0 amide bonds. The van der Waals surface area contributed by atoms with E-state index < -0.39 is 0 Å². The average molecular weight is 249 g/mol. The van der Waals surface area contributed by atoms with E-state index in [0.29, 0.717) is 11.5 Å². The van der Waals surface area contributed by atoms with Gasteiger partial charge in [-0.1, -0.05) is 0 Å². The minimum atomic E-state index is 0.229. The molecule has 0 saturated carbocycles. The van der Waals surface area contributed by atoms with E-state index in [-0.39, 0.29) is 5.28 Å². The highest BCUT2D eigenvalue weighted by Gasteiger charge is 2.08. The molecule has 0 saturated heterocycles. The lowest BCUT2D eigenvalue weighted by Crippen LogP contribution is -1.93. The third kappa shape index (κ3) is 1.66. The maximum Gasteiger partial charge on any atom is 0.243 e. The molecular weight excluding hydrogens is 240 g/mol. The minimum Gasteiger partial charge on any atom is -0.253 e. The zero-order chi connectivity index (χ0) is 12.0. The number of pyridine rings is 1. The molecule has 3 heterocycles. The Morgan fingerprint density at radius 1 is 1.18 bits per heavy atom. The molecule has 3 aromatic heterocycles. The summed E-state index contributed by atoms with van der Waals surface area (Å²) in [6.45, 7) is 1.90. The highest BCUT2D eigenvalue weighted by Crippen LogP contribution is 2.16. The van der Waals surface area contributed by atoms with Crippen molar-refractivity contribution in [3.63, 3.8) is 0 Å². The summed E-state index contributed by atoms with van der Waals surface area (Å²) >= 11 is 5.73. The Hall–Kier alpha value is -1.95. The highest BCUT2D eigenvalue weighted by atomic mass is 35.5. The first-order chi connectivity index (χ1) is 8.13. The standard InChI is InChI=1S/C10H9ClN6/c1-6-12-9(14-16(6)2)7-3-4-8-13-10(11)15-17(8)5-7/h3-5H,1-2H3. The van der Waals surface area contributed by atoms with Crippen LogP contribution in [0.25, 0.3) is 17.0 Å². The minimum absolute atomic E-state index is 0.229. The topological polar surface area (TPSA) is 60.9 Å². The van der Waals surface area contributed by atoms with Gasteiger partial charge >= 0.3 is 0 Å². The summed E-state index contributed by atoms with van der Waals surface area (Å²) in [5.74, 6) is 1.52. The molecule has 0 aliphatic carbocycles. The first-order valence-corrected chi connectivity index (χ1v) is 5.41. The predicted octanol–water partition coefficient (Wildman–Crippen LogP) is 1.49. The fourth-order valence-electron chi connectivity index (χ4n) is 1.57. The Bertz CT molecular complexity index is 678. The van der Waals surface area contributed by atoms with E-state index in [0.717, 1.165) is 11.4 Å². The van der Waals surface area contributed by atoms with Crippen molar-refractivity contribution in [2.24, 2.45) is 7.05 Å². The zero-order valence-electron chi connectivity index (χ0n) is 9.29. The summed E-state index contributed by atoms with van der Waals surface area (Å²) in [6, 6.07) is 3.73. The molecule has 0 unspecified atom stereocenters. The number of nitrogens with zero attached hydrogens (tertiary/aromatic N) is 6. The SMILES string of the molecule is Cc1nc(-c2ccc3nc(Cl)nn3c2)nn1C. The molecule has 0 radical (unpaired) electrons. The van der Waals surface area contributed by atoms with E-state index in [4.69, 9.17) is 11.6 Å². The van der Waals surface area contributed by atoms with E-state index >= 15 is 0 Å². The van der Waals surface area contributed by atoms with Crippen LogP contribution in [0.4, 0.5) is 0 Å². The number of hydrogen-bond donors (Lipinski definition) is 0. The molecule has 3 rings (SSSR count). The van der Waals surface area contributed by atoms with Gasteiger partial charge in [0.25, 0.3) is 0 Å². The van der Waals surface area contributed by atoms with Crippen molar-refractivity contribution in [3.8, 4) is 11.4 Å². The highest BCUT2D eigenvalue weighted by molar-refractivity contribution is 6.28. The van der Waals surface area contributed by atoms with Crippen molar-refractivity contribution in [1.29, 1.82) is 0 Å². The maximum atomic E-state index is 5.73. The zero-order valence-corrected chi connectivity index (χ0v) is 10.0. The summed E-state index contributed by atoms with van der Waals surface area (Å²) < 4.78 is 3.34. The monoisotopic (exact) mass is 248 g/mol. The summed E-state index contributed by atoms with van der Waals surface area (Å²) in [5, 5.41) is 8.57.